The summed E-state index contributed by atoms with van der Waals surface area (Å²) < 4.78 is 16.5. The van der Waals surface area contributed by atoms with E-state index >= 15 is 0 Å². The number of carbonyl (C=O) groups is 4. The molecule has 2 amide bonds. The molecule has 9 nitrogen and oxygen atoms in total. The van der Waals surface area contributed by atoms with E-state index in [1.807, 2.05) is 6.08 Å². The summed E-state index contributed by atoms with van der Waals surface area (Å²) in [6.07, 6.45) is 9.19. The van der Waals surface area contributed by atoms with Crippen molar-refractivity contribution in [2.75, 3.05) is 0 Å². The standard InChI is InChI=1S/C22H20N2O7S2/c1-11(25)30-15-5-3-4-13-8-21-19(27)24-18-14(10-29-7-6-16(18)31-12(2)26)9-22(24,33-32-21)20(28)23(21)17(13)15/h3-7,10,15-18H,8-9H2,1-2H3/t15-,16-,17-,18-,21+,22+/m0/s1. The molecule has 0 unspecified atom stereocenters. The third kappa shape index (κ3) is 2.63. The number of esters is 2. The minimum atomic E-state index is -1.19. The monoisotopic (exact) mass is 488 g/mol. The fourth-order valence-corrected chi connectivity index (χ4v) is 9.41. The largest absolute Gasteiger partial charge is 0.473 e. The van der Waals surface area contributed by atoms with Crippen LogP contribution in [-0.4, -0.2) is 67.6 Å². The lowest BCUT2D eigenvalue weighted by atomic mass is 9.96. The van der Waals surface area contributed by atoms with Crippen LogP contribution in [0.3, 0.4) is 0 Å². The van der Waals surface area contributed by atoms with Crippen LogP contribution >= 0.6 is 21.6 Å². The number of piperazine rings is 1. The first-order chi connectivity index (χ1) is 15.8. The summed E-state index contributed by atoms with van der Waals surface area (Å²) in [6, 6.07) is -1.15. The van der Waals surface area contributed by atoms with Crippen molar-refractivity contribution >= 4 is 45.3 Å². The summed E-state index contributed by atoms with van der Waals surface area (Å²) in [6.45, 7) is 2.64. The minimum absolute atomic E-state index is 0.203. The number of hydrogen-bond acceptors (Lipinski definition) is 9. The highest BCUT2D eigenvalue weighted by Gasteiger charge is 2.77. The van der Waals surface area contributed by atoms with Crippen LogP contribution in [0.1, 0.15) is 26.7 Å². The Morgan fingerprint density at radius 1 is 0.939 bits per heavy atom. The molecule has 2 spiro atoms. The zero-order valence-corrected chi connectivity index (χ0v) is 19.4. The van der Waals surface area contributed by atoms with Gasteiger partial charge in [-0.3, -0.25) is 19.2 Å². The molecule has 2 bridgehead atoms. The van der Waals surface area contributed by atoms with Crippen LogP contribution in [0, 0.1) is 0 Å². The quantitative estimate of drug-likeness (QED) is 0.425. The summed E-state index contributed by atoms with van der Waals surface area (Å²) in [5, 5.41) is 0. The van der Waals surface area contributed by atoms with Crippen molar-refractivity contribution in [1.29, 1.82) is 0 Å². The molecule has 33 heavy (non-hydrogen) atoms. The molecule has 7 aliphatic rings. The Hall–Kier alpha value is -2.66. The normalized spacial score (nSPS) is 39.6. The van der Waals surface area contributed by atoms with Gasteiger partial charge in [-0.2, -0.15) is 0 Å². The maximum Gasteiger partial charge on any atom is 0.303 e. The van der Waals surface area contributed by atoms with E-state index < -0.39 is 46.0 Å². The Labute approximate surface area is 197 Å². The number of fused-ring (bicyclic) bond motifs is 3. The van der Waals surface area contributed by atoms with E-state index in [2.05, 4.69) is 0 Å². The zero-order valence-electron chi connectivity index (χ0n) is 17.8. The van der Waals surface area contributed by atoms with Crippen LogP contribution in [0.15, 0.2) is 48.0 Å². The highest BCUT2D eigenvalue weighted by molar-refractivity contribution is 8.78. The van der Waals surface area contributed by atoms with E-state index in [0.717, 1.165) is 11.1 Å². The van der Waals surface area contributed by atoms with Gasteiger partial charge in [0.15, 0.2) is 9.74 Å². The third-order valence-corrected chi connectivity index (χ3v) is 10.4. The van der Waals surface area contributed by atoms with E-state index in [1.54, 1.807) is 28.0 Å². The lowest BCUT2D eigenvalue weighted by Gasteiger charge is -2.58. The first-order valence-electron chi connectivity index (χ1n) is 10.6. The Kier molecular flexibility index (Phi) is 4.39. The third-order valence-electron chi connectivity index (χ3n) is 6.81. The van der Waals surface area contributed by atoms with Gasteiger partial charge in [0.05, 0.1) is 24.6 Å². The maximum atomic E-state index is 14.2. The molecule has 6 atom stereocenters. The number of ether oxygens (including phenoxy) is 3. The summed E-state index contributed by atoms with van der Waals surface area (Å²) >= 11 is 0. The summed E-state index contributed by atoms with van der Waals surface area (Å²) in [5.74, 6) is -1.34. The van der Waals surface area contributed by atoms with Crippen LogP contribution in [0.25, 0.3) is 0 Å². The Morgan fingerprint density at radius 2 is 1.48 bits per heavy atom. The lowest BCUT2D eigenvalue weighted by molar-refractivity contribution is -0.171. The molecule has 0 radical (unpaired) electrons. The fraction of sp³-hybridized carbons (Fsp3) is 0.455. The molecule has 1 aliphatic carbocycles. The maximum absolute atomic E-state index is 14.2. The van der Waals surface area contributed by atoms with Gasteiger partial charge in [0, 0.05) is 26.7 Å². The van der Waals surface area contributed by atoms with Crippen LogP contribution < -0.4 is 0 Å². The summed E-state index contributed by atoms with van der Waals surface area (Å²) in [4.78, 5) is 52.8. The molecular weight excluding hydrogens is 468 g/mol. The average molecular weight is 489 g/mol. The Bertz CT molecular complexity index is 1130. The SMILES string of the molecule is CC(=O)O[C@H]1C=CC=C2C[C@@]34SS[C@]5(CC6=COC=C[C@H](OC(C)=O)[C@H]6N5C3=O)C(=O)N4[C@@H]21. The highest BCUT2D eigenvalue weighted by atomic mass is 33.1. The topological polar surface area (TPSA) is 102 Å². The van der Waals surface area contributed by atoms with Crippen LogP contribution in [0.2, 0.25) is 0 Å². The predicted octanol–water partition coefficient (Wildman–Crippen LogP) is 1.78. The van der Waals surface area contributed by atoms with E-state index in [0.29, 0.717) is 6.42 Å². The van der Waals surface area contributed by atoms with Crippen molar-refractivity contribution < 1.29 is 33.4 Å². The number of allylic oxidation sites excluding steroid dienone is 2. The zero-order chi connectivity index (χ0) is 23.1. The smallest absolute Gasteiger partial charge is 0.303 e. The van der Waals surface area contributed by atoms with Gasteiger partial charge in [0.1, 0.15) is 12.2 Å². The molecular formula is C22H20N2O7S2. The van der Waals surface area contributed by atoms with Gasteiger partial charge < -0.3 is 24.0 Å². The number of rotatable bonds is 2. The van der Waals surface area contributed by atoms with E-state index in [9.17, 15) is 19.2 Å². The van der Waals surface area contributed by atoms with Crippen molar-refractivity contribution in [3.63, 3.8) is 0 Å². The minimum Gasteiger partial charge on any atom is -0.473 e. The molecule has 0 saturated carbocycles. The van der Waals surface area contributed by atoms with Gasteiger partial charge in [0.25, 0.3) is 11.8 Å². The Morgan fingerprint density at radius 3 is 2.09 bits per heavy atom. The van der Waals surface area contributed by atoms with Crippen molar-refractivity contribution in [2.24, 2.45) is 0 Å². The molecule has 0 aromatic rings. The molecule has 172 valence electrons. The van der Waals surface area contributed by atoms with Gasteiger partial charge in [-0.25, -0.2) is 0 Å². The summed E-state index contributed by atoms with van der Waals surface area (Å²) in [5.41, 5.74) is 1.60. The summed E-state index contributed by atoms with van der Waals surface area (Å²) in [7, 11) is 2.77. The lowest BCUT2D eigenvalue weighted by Crippen LogP contribution is -2.77. The molecule has 5 saturated heterocycles. The van der Waals surface area contributed by atoms with Gasteiger partial charge in [-0.15, -0.1) is 0 Å². The molecule has 0 N–H and O–H groups in total. The van der Waals surface area contributed by atoms with Crippen molar-refractivity contribution in [2.45, 2.75) is 60.7 Å². The molecule has 0 aromatic heterocycles. The van der Waals surface area contributed by atoms with Gasteiger partial charge in [-0.1, -0.05) is 33.7 Å². The molecule has 7 rings (SSSR count). The molecule has 11 heteroatoms. The second-order valence-electron chi connectivity index (χ2n) is 8.76. The predicted molar refractivity (Wildman–Crippen MR) is 118 cm³/mol. The van der Waals surface area contributed by atoms with Gasteiger partial charge >= 0.3 is 11.9 Å². The van der Waals surface area contributed by atoms with Gasteiger partial charge in [0.2, 0.25) is 0 Å². The Balaban J connectivity index is 1.46. The number of nitrogens with zero attached hydrogens (tertiary/aromatic N) is 2. The highest BCUT2D eigenvalue weighted by Crippen LogP contribution is 2.69. The van der Waals surface area contributed by atoms with Gasteiger partial charge in [-0.05, 0) is 23.3 Å². The molecule has 6 heterocycles. The van der Waals surface area contributed by atoms with Crippen molar-refractivity contribution in [1.82, 2.24) is 9.80 Å². The van der Waals surface area contributed by atoms with Crippen LogP contribution in [0.5, 0.6) is 0 Å². The number of carbonyl (C=O) groups excluding carboxylic acids is 4. The fourth-order valence-electron chi connectivity index (χ4n) is 5.70. The number of hydrogen-bond donors (Lipinski definition) is 0. The van der Waals surface area contributed by atoms with E-state index in [4.69, 9.17) is 14.2 Å². The van der Waals surface area contributed by atoms with Crippen LogP contribution in [-0.2, 0) is 33.4 Å². The molecule has 0 aromatic carbocycles. The van der Waals surface area contributed by atoms with E-state index in [-0.39, 0.29) is 18.2 Å². The second-order valence-corrected chi connectivity index (χ2v) is 11.4. The first-order valence-corrected chi connectivity index (χ1v) is 12.7. The van der Waals surface area contributed by atoms with Crippen LogP contribution in [0.4, 0.5) is 0 Å². The van der Waals surface area contributed by atoms with E-state index in [1.165, 1.54) is 48.0 Å². The van der Waals surface area contributed by atoms with Crippen molar-refractivity contribution in [3.8, 4) is 0 Å². The average Bonchev–Trinajstić information content (AvgIpc) is 3.21. The second kappa shape index (κ2) is 6.92. The molecule has 5 fully saturated rings. The first kappa shape index (κ1) is 20.9. The molecule has 6 aliphatic heterocycles. The van der Waals surface area contributed by atoms with Crippen molar-refractivity contribution in [3.05, 3.63) is 48.0 Å². The number of amides is 2.